The summed E-state index contributed by atoms with van der Waals surface area (Å²) < 4.78 is 5.61. The number of ether oxygens (including phenoxy) is 1. The van der Waals surface area contributed by atoms with Crippen LogP contribution in [-0.4, -0.2) is 29.4 Å². The van der Waals surface area contributed by atoms with E-state index in [9.17, 15) is 14.4 Å². The van der Waals surface area contributed by atoms with Crippen molar-refractivity contribution in [1.82, 2.24) is 16.2 Å². The molecule has 0 radical (unpaired) electrons. The van der Waals surface area contributed by atoms with Crippen molar-refractivity contribution < 1.29 is 19.1 Å². The van der Waals surface area contributed by atoms with Crippen LogP contribution in [0.2, 0.25) is 0 Å². The summed E-state index contributed by atoms with van der Waals surface area (Å²) in [5.41, 5.74) is 6.28. The van der Waals surface area contributed by atoms with Gasteiger partial charge in [-0.2, -0.15) is 0 Å². The molecular formula is C24H30N4O4S. The first-order chi connectivity index (χ1) is 15.8. The predicted molar refractivity (Wildman–Crippen MR) is 132 cm³/mol. The Morgan fingerprint density at radius 1 is 0.970 bits per heavy atom. The number of hydrogen-bond donors (Lipinski definition) is 4. The van der Waals surface area contributed by atoms with E-state index in [1.54, 1.807) is 48.5 Å². The lowest BCUT2D eigenvalue weighted by Gasteiger charge is -2.12. The zero-order valence-electron chi connectivity index (χ0n) is 19.1. The lowest BCUT2D eigenvalue weighted by Crippen LogP contribution is -2.48. The first-order valence-corrected chi connectivity index (χ1v) is 11.2. The van der Waals surface area contributed by atoms with Gasteiger partial charge in [-0.3, -0.25) is 30.6 Å². The van der Waals surface area contributed by atoms with Crippen molar-refractivity contribution in [3.63, 3.8) is 0 Å². The van der Waals surface area contributed by atoms with Crippen molar-refractivity contribution >= 4 is 40.7 Å². The van der Waals surface area contributed by atoms with Gasteiger partial charge < -0.3 is 10.1 Å². The first-order valence-electron chi connectivity index (χ1n) is 10.8. The zero-order chi connectivity index (χ0) is 24.2. The predicted octanol–water partition coefficient (Wildman–Crippen LogP) is 3.80. The minimum absolute atomic E-state index is 0.0526. The molecule has 0 fully saturated rings. The topological polar surface area (TPSA) is 109 Å². The van der Waals surface area contributed by atoms with E-state index in [0.29, 0.717) is 35.6 Å². The standard InChI is InChI=1S/C24H30N4O4S/c1-4-5-13-32-20-8-6-7-18(15-20)22(30)26-24(33)28-27-23(31)17-9-11-19(12-10-17)25-21(29)14-16(2)3/h6-12,15-16H,4-5,13-14H2,1-3H3,(H,25,29)(H,27,31)(H2,26,28,30,33). The minimum atomic E-state index is -0.446. The van der Waals surface area contributed by atoms with Crippen molar-refractivity contribution in [2.24, 2.45) is 5.92 Å². The SMILES string of the molecule is CCCCOc1cccc(C(=O)NC(=S)NNC(=O)c2ccc(NC(=O)CC(C)C)cc2)c1. The third-order valence-corrected chi connectivity index (χ3v) is 4.61. The lowest BCUT2D eigenvalue weighted by atomic mass is 10.1. The van der Waals surface area contributed by atoms with Crippen LogP contribution in [0.15, 0.2) is 48.5 Å². The summed E-state index contributed by atoms with van der Waals surface area (Å²) in [6, 6.07) is 13.2. The molecule has 0 saturated heterocycles. The molecule has 9 heteroatoms. The fourth-order valence-electron chi connectivity index (χ4n) is 2.74. The molecule has 2 aromatic rings. The van der Waals surface area contributed by atoms with Crippen molar-refractivity contribution in [1.29, 1.82) is 0 Å². The van der Waals surface area contributed by atoms with Gasteiger partial charge in [-0.05, 0) is 67.0 Å². The molecule has 0 heterocycles. The lowest BCUT2D eigenvalue weighted by molar-refractivity contribution is -0.116. The molecule has 3 amide bonds. The van der Waals surface area contributed by atoms with E-state index < -0.39 is 11.8 Å². The molecule has 0 bridgehead atoms. The first kappa shape index (κ1) is 25.8. The third-order valence-electron chi connectivity index (χ3n) is 4.40. The third kappa shape index (κ3) is 9.28. The Morgan fingerprint density at radius 3 is 2.36 bits per heavy atom. The van der Waals surface area contributed by atoms with Gasteiger partial charge in [0, 0.05) is 23.2 Å². The summed E-state index contributed by atoms with van der Waals surface area (Å²) in [6.07, 6.45) is 2.37. The summed E-state index contributed by atoms with van der Waals surface area (Å²) in [4.78, 5) is 36.5. The molecule has 4 N–H and O–H groups in total. The van der Waals surface area contributed by atoms with Gasteiger partial charge in [0.2, 0.25) is 5.91 Å². The zero-order valence-corrected chi connectivity index (χ0v) is 19.9. The Morgan fingerprint density at radius 2 is 1.70 bits per heavy atom. The summed E-state index contributed by atoms with van der Waals surface area (Å²) in [5, 5.41) is 5.24. The molecule has 33 heavy (non-hydrogen) atoms. The molecule has 2 rings (SSSR count). The van der Waals surface area contributed by atoms with Crippen LogP contribution in [0.25, 0.3) is 0 Å². The number of carbonyl (C=O) groups is 3. The summed E-state index contributed by atoms with van der Waals surface area (Å²) >= 11 is 5.08. The van der Waals surface area contributed by atoms with Crippen LogP contribution in [0.3, 0.4) is 0 Å². The Balaban J connectivity index is 1.82. The minimum Gasteiger partial charge on any atom is -0.494 e. The number of hydrogen-bond acceptors (Lipinski definition) is 5. The van der Waals surface area contributed by atoms with Gasteiger partial charge in [0.1, 0.15) is 5.75 Å². The molecule has 0 saturated carbocycles. The van der Waals surface area contributed by atoms with Gasteiger partial charge in [-0.25, -0.2) is 0 Å². The van der Waals surface area contributed by atoms with E-state index in [4.69, 9.17) is 17.0 Å². The van der Waals surface area contributed by atoms with E-state index in [1.165, 1.54) is 0 Å². The molecule has 8 nitrogen and oxygen atoms in total. The molecule has 0 aliphatic heterocycles. The van der Waals surface area contributed by atoms with Crippen LogP contribution in [-0.2, 0) is 4.79 Å². The van der Waals surface area contributed by atoms with Gasteiger partial charge in [-0.1, -0.05) is 33.3 Å². The Labute approximate surface area is 199 Å². The molecule has 0 unspecified atom stereocenters. The highest BCUT2D eigenvalue weighted by molar-refractivity contribution is 7.80. The van der Waals surface area contributed by atoms with E-state index in [1.807, 2.05) is 13.8 Å². The molecule has 0 atom stereocenters. The van der Waals surface area contributed by atoms with Crippen molar-refractivity contribution in [2.75, 3.05) is 11.9 Å². The second kappa shape index (κ2) is 13.2. The van der Waals surface area contributed by atoms with Crippen LogP contribution in [0.5, 0.6) is 5.75 Å². The van der Waals surface area contributed by atoms with Crippen molar-refractivity contribution in [3.8, 4) is 5.75 Å². The maximum Gasteiger partial charge on any atom is 0.269 e. The molecule has 0 aliphatic rings. The number of anilines is 1. The average Bonchev–Trinajstić information content (AvgIpc) is 2.77. The average molecular weight is 471 g/mol. The molecule has 176 valence electrons. The number of nitrogens with one attached hydrogen (secondary N) is 4. The van der Waals surface area contributed by atoms with E-state index in [2.05, 4.69) is 28.4 Å². The molecule has 2 aromatic carbocycles. The number of rotatable bonds is 9. The maximum atomic E-state index is 12.4. The molecule has 0 aromatic heterocycles. The highest BCUT2D eigenvalue weighted by Gasteiger charge is 2.11. The van der Waals surface area contributed by atoms with Crippen molar-refractivity contribution in [3.05, 3.63) is 59.7 Å². The number of thiocarbonyl (C=S) groups is 1. The fraction of sp³-hybridized carbons (Fsp3) is 0.333. The summed E-state index contributed by atoms with van der Waals surface area (Å²) in [7, 11) is 0. The quantitative estimate of drug-likeness (QED) is 0.252. The number of carbonyl (C=O) groups excluding carboxylic acids is 3. The Kier molecular flexibility index (Phi) is 10.3. The van der Waals surface area contributed by atoms with Crippen LogP contribution in [0, 0.1) is 5.92 Å². The van der Waals surface area contributed by atoms with Crippen LogP contribution >= 0.6 is 12.2 Å². The highest BCUT2D eigenvalue weighted by atomic mass is 32.1. The number of benzene rings is 2. The Bertz CT molecular complexity index is 977. The van der Waals surface area contributed by atoms with Crippen molar-refractivity contribution in [2.45, 2.75) is 40.0 Å². The molecular weight excluding hydrogens is 440 g/mol. The second-order valence-electron chi connectivity index (χ2n) is 7.82. The highest BCUT2D eigenvalue weighted by Crippen LogP contribution is 2.14. The van der Waals surface area contributed by atoms with Gasteiger partial charge in [0.15, 0.2) is 5.11 Å². The van der Waals surface area contributed by atoms with Gasteiger partial charge in [0.05, 0.1) is 6.61 Å². The molecule has 0 aliphatic carbocycles. The van der Waals surface area contributed by atoms with Crippen LogP contribution < -0.4 is 26.2 Å². The van der Waals surface area contributed by atoms with E-state index in [0.717, 1.165) is 12.8 Å². The maximum absolute atomic E-state index is 12.4. The van der Waals surface area contributed by atoms with Gasteiger partial charge in [-0.15, -0.1) is 0 Å². The molecule has 0 spiro atoms. The monoisotopic (exact) mass is 470 g/mol. The van der Waals surface area contributed by atoms with E-state index >= 15 is 0 Å². The van der Waals surface area contributed by atoms with Gasteiger partial charge >= 0.3 is 0 Å². The largest absolute Gasteiger partial charge is 0.494 e. The second-order valence-corrected chi connectivity index (χ2v) is 8.22. The van der Waals surface area contributed by atoms with Gasteiger partial charge in [0.25, 0.3) is 11.8 Å². The number of unbranched alkanes of at least 4 members (excludes halogenated alkanes) is 1. The number of amides is 3. The summed E-state index contributed by atoms with van der Waals surface area (Å²) in [5.74, 6) is -0.0918. The number of hydrazine groups is 1. The summed E-state index contributed by atoms with van der Waals surface area (Å²) in [6.45, 7) is 6.59. The van der Waals surface area contributed by atoms with E-state index in [-0.39, 0.29) is 16.9 Å². The smallest absolute Gasteiger partial charge is 0.269 e. The normalized spacial score (nSPS) is 10.3. The Hall–Kier alpha value is -3.46. The fourth-order valence-corrected chi connectivity index (χ4v) is 2.89. The van der Waals surface area contributed by atoms with Crippen LogP contribution in [0.4, 0.5) is 5.69 Å². The van der Waals surface area contributed by atoms with Crippen LogP contribution in [0.1, 0.15) is 60.7 Å².